The van der Waals surface area contributed by atoms with E-state index in [9.17, 15) is 14.4 Å². The van der Waals surface area contributed by atoms with E-state index in [4.69, 9.17) is 10.5 Å². The van der Waals surface area contributed by atoms with Crippen LogP contribution >= 0.6 is 0 Å². The van der Waals surface area contributed by atoms with Crippen LogP contribution in [0.5, 0.6) is 5.75 Å². The van der Waals surface area contributed by atoms with E-state index in [2.05, 4.69) is 0 Å². The maximum absolute atomic E-state index is 11.9. The van der Waals surface area contributed by atoms with E-state index in [0.717, 1.165) is 12.2 Å². The molecule has 0 atom stereocenters. The molecule has 0 fully saturated rings. The molecule has 2 N–H and O–H groups in total. The highest BCUT2D eigenvalue weighted by Gasteiger charge is 2.24. The third-order valence-corrected chi connectivity index (χ3v) is 2.83. The highest BCUT2D eigenvalue weighted by atomic mass is 16.5. The van der Waals surface area contributed by atoms with Crippen LogP contribution in [0.3, 0.4) is 0 Å². The van der Waals surface area contributed by atoms with Crippen LogP contribution in [0.15, 0.2) is 48.2 Å². The molecule has 0 spiro atoms. The Kier molecular flexibility index (Phi) is 4.30. The lowest BCUT2D eigenvalue weighted by Gasteiger charge is -2.23. The van der Waals surface area contributed by atoms with E-state index in [-0.39, 0.29) is 24.1 Å². The van der Waals surface area contributed by atoms with Gasteiger partial charge in [0.15, 0.2) is 5.78 Å². The average molecular weight is 286 g/mol. The number of hydrogen-bond donors (Lipinski definition) is 1. The molecule has 1 aromatic rings. The molecular weight excluding hydrogens is 272 g/mol. The lowest BCUT2D eigenvalue weighted by atomic mass is 10.1. The maximum atomic E-state index is 11.9. The molecule has 0 saturated heterocycles. The molecule has 108 valence electrons. The van der Waals surface area contributed by atoms with E-state index in [0.29, 0.717) is 11.4 Å². The van der Waals surface area contributed by atoms with Crippen molar-refractivity contribution in [2.75, 3.05) is 11.6 Å². The molecule has 6 nitrogen and oxygen atoms in total. The second-order valence-electron chi connectivity index (χ2n) is 4.29. The van der Waals surface area contributed by atoms with E-state index >= 15 is 0 Å². The Bertz CT molecular complexity index is 644. The average Bonchev–Trinajstić information content (AvgIpc) is 2.45. The van der Waals surface area contributed by atoms with Crippen molar-refractivity contribution in [2.24, 2.45) is 5.73 Å². The number of allylic oxidation sites excluding steroid dienone is 3. The summed E-state index contributed by atoms with van der Waals surface area (Å²) in [5.74, 6) is -0.555. The Morgan fingerprint density at radius 3 is 2.43 bits per heavy atom. The normalized spacial score (nSPS) is 13.9. The summed E-state index contributed by atoms with van der Waals surface area (Å²) < 4.78 is 5.11. The Hall–Kier alpha value is -2.73. The van der Waals surface area contributed by atoms with Gasteiger partial charge in [0.2, 0.25) is 11.7 Å². The molecular formula is C15H14N2O4. The van der Waals surface area contributed by atoms with E-state index in [1.54, 1.807) is 24.3 Å². The zero-order valence-corrected chi connectivity index (χ0v) is 11.4. The van der Waals surface area contributed by atoms with Gasteiger partial charge < -0.3 is 4.74 Å². The number of hydrogen-bond acceptors (Lipinski definition) is 5. The van der Waals surface area contributed by atoms with Gasteiger partial charge in [0.25, 0.3) is 0 Å². The van der Waals surface area contributed by atoms with Crippen LogP contribution in [-0.2, 0) is 14.4 Å². The number of ketones is 2. The standard InChI is InChI=1S/C15H14N2O4/c1-10(18)17(14-8-12(19)4-7-15(14)20)11-2-5-13(6-3-11)21-9-16/h2-8H,9,16H2,1H3. The van der Waals surface area contributed by atoms with Crippen LogP contribution in [-0.4, -0.2) is 24.2 Å². The molecule has 2 rings (SSSR count). The number of amides is 1. The van der Waals surface area contributed by atoms with E-state index in [1.165, 1.54) is 17.9 Å². The van der Waals surface area contributed by atoms with Crippen LogP contribution in [0.4, 0.5) is 5.69 Å². The smallest absolute Gasteiger partial charge is 0.228 e. The number of carbonyl (C=O) groups is 3. The summed E-state index contributed by atoms with van der Waals surface area (Å²) >= 11 is 0. The van der Waals surface area contributed by atoms with Crippen molar-refractivity contribution >= 4 is 23.2 Å². The van der Waals surface area contributed by atoms with E-state index < -0.39 is 5.78 Å². The summed E-state index contributed by atoms with van der Waals surface area (Å²) in [5, 5.41) is 0. The van der Waals surface area contributed by atoms with Crippen LogP contribution in [0, 0.1) is 0 Å². The number of rotatable bonds is 4. The van der Waals surface area contributed by atoms with Crippen LogP contribution in [0.1, 0.15) is 6.92 Å². The van der Waals surface area contributed by atoms with Crippen molar-refractivity contribution in [1.29, 1.82) is 0 Å². The van der Waals surface area contributed by atoms with Gasteiger partial charge in [-0.05, 0) is 36.4 Å². The lowest BCUT2D eigenvalue weighted by Crippen LogP contribution is -2.33. The first-order valence-corrected chi connectivity index (χ1v) is 6.24. The van der Waals surface area contributed by atoms with Gasteiger partial charge in [-0.1, -0.05) is 0 Å². The van der Waals surface area contributed by atoms with Gasteiger partial charge in [-0.15, -0.1) is 0 Å². The molecule has 1 aliphatic rings. The molecule has 1 aromatic carbocycles. The number of benzene rings is 1. The van der Waals surface area contributed by atoms with E-state index in [1.807, 2.05) is 0 Å². The monoisotopic (exact) mass is 286 g/mol. The number of anilines is 1. The predicted molar refractivity (Wildman–Crippen MR) is 76.5 cm³/mol. The quantitative estimate of drug-likeness (QED) is 0.657. The van der Waals surface area contributed by atoms with Gasteiger partial charge in [0.1, 0.15) is 18.2 Å². The zero-order valence-electron chi connectivity index (χ0n) is 11.4. The van der Waals surface area contributed by atoms with Crippen molar-refractivity contribution in [3.8, 4) is 5.75 Å². The second kappa shape index (κ2) is 6.15. The second-order valence-corrected chi connectivity index (χ2v) is 4.29. The molecule has 21 heavy (non-hydrogen) atoms. The maximum Gasteiger partial charge on any atom is 0.228 e. The van der Waals surface area contributed by atoms with Gasteiger partial charge in [0, 0.05) is 18.7 Å². The summed E-state index contributed by atoms with van der Waals surface area (Å²) in [5.41, 5.74) is 5.77. The fourth-order valence-corrected chi connectivity index (χ4v) is 1.95. The predicted octanol–water partition coefficient (Wildman–Crippen LogP) is 0.926. The minimum Gasteiger partial charge on any atom is -0.479 e. The fourth-order valence-electron chi connectivity index (χ4n) is 1.95. The summed E-state index contributed by atoms with van der Waals surface area (Å²) in [7, 11) is 0. The van der Waals surface area contributed by atoms with Gasteiger partial charge in [-0.25, -0.2) is 0 Å². The summed E-state index contributed by atoms with van der Waals surface area (Å²) in [6, 6.07) is 6.49. The first-order chi connectivity index (χ1) is 10.0. The Balaban J connectivity index is 2.37. The first kappa shape index (κ1) is 14.7. The Labute approximate surface area is 121 Å². The van der Waals surface area contributed by atoms with Gasteiger partial charge in [0.05, 0.1) is 0 Å². The highest BCUT2D eigenvalue weighted by molar-refractivity contribution is 6.21. The van der Waals surface area contributed by atoms with Crippen molar-refractivity contribution < 1.29 is 19.1 Å². The molecule has 0 unspecified atom stereocenters. The molecule has 0 saturated carbocycles. The van der Waals surface area contributed by atoms with Gasteiger partial charge in [-0.2, -0.15) is 0 Å². The third-order valence-electron chi connectivity index (χ3n) is 2.83. The lowest BCUT2D eigenvalue weighted by molar-refractivity contribution is -0.118. The molecule has 0 radical (unpaired) electrons. The highest BCUT2D eigenvalue weighted by Crippen LogP contribution is 2.24. The fraction of sp³-hybridized carbons (Fsp3) is 0.133. The minimum atomic E-state index is -0.396. The SMILES string of the molecule is CC(=O)N(C1=CC(=O)C=CC1=O)c1ccc(OCN)cc1. The molecule has 0 heterocycles. The zero-order chi connectivity index (χ0) is 15.4. The Morgan fingerprint density at radius 1 is 1.19 bits per heavy atom. The number of carbonyl (C=O) groups excluding carboxylic acids is 3. The van der Waals surface area contributed by atoms with Crippen molar-refractivity contribution in [3.63, 3.8) is 0 Å². The topological polar surface area (TPSA) is 89.7 Å². The third kappa shape index (κ3) is 3.24. The van der Waals surface area contributed by atoms with Gasteiger partial charge in [-0.3, -0.25) is 25.0 Å². The van der Waals surface area contributed by atoms with Crippen LogP contribution in [0.25, 0.3) is 0 Å². The van der Waals surface area contributed by atoms with Crippen molar-refractivity contribution in [2.45, 2.75) is 6.92 Å². The summed E-state index contributed by atoms with van der Waals surface area (Å²) in [6.07, 6.45) is 3.47. The summed E-state index contributed by atoms with van der Waals surface area (Å²) in [6.45, 7) is 1.36. The van der Waals surface area contributed by atoms with Crippen LogP contribution < -0.4 is 15.4 Å². The molecule has 1 amide bonds. The summed E-state index contributed by atoms with van der Waals surface area (Å²) in [4.78, 5) is 36.4. The molecule has 1 aliphatic carbocycles. The molecule has 0 bridgehead atoms. The largest absolute Gasteiger partial charge is 0.479 e. The molecule has 6 heteroatoms. The number of ether oxygens (including phenoxy) is 1. The number of nitrogens with zero attached hydrogens (tertiary/aromatic N) is 1. The van der Waals surface area contributed by atoms with Crippen LogP contribution in [0.2, 0.25) is 0 Å². The molecule has 0 aliphatic heterocycles. The van der Waals surface area contributed by atoms with Gasteiger partial charge >= 0.3 is 0 Å². The van der Waals surface area contributed by atoms with Crippen molar-refractivity contribution in [1.82, 2.24) is 0 Å². The Morgan fingerprint density at radius 2 is 1.86 bits per heavy atom. The van der Waals surface area contributed by atoms with Crippen molar-refractivity contribution in [3.05, 3.63) is 48.2 Å². The molecule has 0 aromatic heterocycles. The first-order valence-electron chi connectivity index (χ1n) is 6.24. The number of nitrogens with two attached hydrogens (primary N) is 1. The minimum absolute atomic E-state index is 0.0301.